The molecule has 1 amide bonds. The van der Waals surface area contributed by atoms with Crippen LogP contribution in [-0.4, -0.2) is 20.1 Å². The summed E-state index contributed by atoms with van der Waals surface area (Å²) < 4.78 is 10.2. The summed E-state index contributed by atoms with van der Waals surface area (Å²) in [5.74, 6) is 5.91. The summed E-state index contributed by atoms with van der Waals surface area (Å²) in [6.07, 6.45) is 2.92. The number of benzene rings is 1. The van der Waals surface area contributed by atoms with Crippen LogP contribution in [0.2, 0.25) is 0 Å². The van der Waals surface area contributed by atoms with E-state index in [0.29, 0.717) is 11.5 Å². The summed E-state index contributed by atoms with van der Waals surface area (Å²) in [4.78, 5) is 10.9. The molecule has 5 heteroatoms. The highest BCUT2D eigenvalue weighted by molar-refractivity contribution is 5.91. The molecule has 0 atom stereocenters. The molecule has 1 aromatic carbocycles. The van der Waals surface area contributed by atoms with Crippen LogP contribution >= 0.6 is 0 Å². The summed E-state index contributed by atoms with van der Waals surface area (Å²) in [5.41, 5.74) is 2.74. The van der Waals surface area contributed by atoms with Crippen LogP contribution in [0.4, 0.5) is 0 Å². The van der Waals surface area contributed by atoms with Gasteiger partial charge in [0.25, 0.3) is 5.91 Å². The van der Waals surface area contributed by atoms with Crippen molar-refractivity contribution in [2.45, 2.75) is 0 Å². The fourth-order valence-corrected chi connectivity index (χ4v) is 1.18. The Morgan fingerprint density at radius 2 is 2.12 bits per heavy atom. The summed E-state index contributed by atoms with van der Waals surface area (Å²) in [6.45, 7) is 0. The molecule has 5 nitrogen and oxygen atoms in total. The van der Waals surface area contributed by atoms with Crippen molar-refractivity contribution in [1.29, 1.82) is 0 Å². The number of hydrogen-bond acceptors (Lipinski definition) is 4. The van der Waals surface area contributed by atoms with Crippen LogP contribution in [0.3, 0.4) is 0 Å². The zero-order valence-corrected chi connectivity index (χ0v) is 9.19. The minimum Gasteiger partial charge on any atom is -0.497 e. The average Bonchev–Trinajstić information content (AvgIpc) is 2.35. The molecule has 16 heavy (non-hydrogen) atoms. The first kappa shape index (κ1) is 12.1. The number of nitrogens with one attached hydrogen (secondary N) is 1. The number of carbonyl (C=O) groups excluding carboxylic acids is 1. The Bertz CT molecular complexity index is 402. The summed E-state index contributed by atoms with van der Waals surface area (Å²) in [6, 6.07) is 5.30. The van der Waals surface area contributed by atoms with Crippen molar-refractivity contribution in [1.82, 2.24) is 5.43 Å². The maximum Gasteiger partial charge on any atom is 0.257 e. The lowest BCUT2D eigenvalue weighted by atomic mass is 10.1. The van der Waals surface area contributed by atoms with Gasteiger partial charge in [-0.25, -0.2) is 5.84 Å². The lowest BCUT2D eigenvalue weighted by molar-refractivity contribution is -0.116. The molecule has 1 aromatic rings. The van der Waals surface area contributed by atoms with Gasteiger partial charge >= 0.3 is 0 Å². The molecule has 0 aliphatic heterocycles. The van der Waals surface area contributed by atoms with Gasteiger partial charge in [0.05, 0.1) is 14.2 Å². The largest absolute Gasteiger partial charge is 0.497 e. The summed E-state index contributed by atoms with van der Waals surface area (Å²) >= 11 is 0. The number of rotatable bonds is 4. The van der Waals surface area contributed by atoms with Crippen LogP contribution in [-0.2, 0) is 4.79 Å². The van der Waals surface area contributed by atoms with E-state index in [1.54, 1.807) is 38.5 Å². The summed E-state index contributed by atoms with van der Waals surface area (Å²) in [7, 11) is 3.13. The highest BCUT2D eigenvalue weighted by atomic mass is 16.5. The maximum atomic E-state index is 10.9. The Kier molecular flexibility index (Phi) is 4.35. The minimum atomic E-state index is -0.384. The fraction of sp³-hybridized carbons (Fsp3) is 0.182. The first-order chi connectivity index (χ1) is 7.71. The minimum absolute atomic E-state index is 0.384. The Balaban J connectivity index is 2.99. The van der Waals surface area contributed by atoms with Crippen molar-refractivity contribution in [3.05, 3.63) is 29.8 Å². The second kappa shape index (κ2) is 5.77. The number of carbonyl (C=O) groups is 1. The van der Waals surface area contributed by atoms with Gasteiger partial charge in [-0.1, -0.05) is 0 Å². The molecule has 0 aromatic heterocycles. The molecule has 0 spiro atoms. The van der Waals surface area contributed by atoms with E-state index in [-0.39, 0.29) is 5.91 Å². The normalized spacial score (nSPS) is 10.2. The molecule has 0 fully saturated rings. The third-order valence-corrected chi connectivity index (χ3v) is 1.99. The van der Waals surface area contributed by atoms with E-state index in [4.69, 9.17) is 15.3 Å². The Labute approximate surface area is 93.8 Å². The van der Waals surface area contributed by atoms with Crippen LogP contribution in [0.5, 0.6) is 11.5 Å². The highest BCUT2D eigenvalue weighted by Gasteiger charge is 2.02. The van der Waals surface area contributed by atoms with Gasteiger partial charge < -0.3 is 9.47 Å². The molecule has 0 bridgehead atoms. The van der Waals surface area contributed by atoms with E-state index in [9.17, 15) is 4.79 Å². The number of amides is 1. The zero-order chi connectivity index (χ0) is 12.0. The summed E-state index contributed by atoms with van der Waals surface area (Å²) in [5, 5.41) is 0. The van der Waals surface area contributed by atoms with E-state index < -0.39 is 0 Å². The monoisotopic (exact) mass is 222 g/mol. The second-order valence-corrected chi connectivity index (χ2v) is 2.95. The molecule has 0 unspecified atom stereocenters. The molecular formula is C11H14N2O3. The molecule has 1 rings (SSSR count). The first-order valence-corrected chi connectivity index (χ1v) is 4.62. The van der Waals surface area contributed by atoms with Gasteiger partial charge in [-0.2, -0.15) is 0 Å². The van der Waals surface area contributed by atoms with Gasteiger partial charge in [0.2, 0.25) is 0 Å². The van der Waals surface area contributed by atoms with Crippen LogP contribution < -0.4 is 20.7 Å². The molecular weight excluding hydrogens is 208 g/mol. The van der Waals surface area contributed by atoms with Crippen molar-refractivity contribution in [2.75, 3.05) is 14.2 Å². The molecule has 3 N–H and O–H groups in total. The third kappa shape index (κ3) is 2.99. The first-order valence-electron chi connectivity index (χ1n) is 4.62. The molecule has 0 heterocycles. The molecule has 86 valence electrons. The predicted octanol–water partition coefficient (Wildman–Crippen LogP) is 0.707. The van der Waals surface area contributed by atoms with Gasteiger partial charge in [0.1, 0.15) is 11.5 Å². The van der Waals surface area contributed by atoms with Gasteiger partial charge in [0.15, 0.2) is 0 Å². The number of hydrogen-bond donors (Lipinski definition) is 2. The van der Waals surface area contributed by atoms with Crippen LogP contribution in [0, 0.1) is 0 Å². The standard InChI is InChI=1S/C11H14N2O3/c1-15-9-4-5-10(16-2)8(7-9)3-6-11(14)13-12/h3-7H,12H2,1-2H3,(H,13,14)/b6-3+. The van der Waals surface area contributed by atoms with Crippen LogP contribution in [0.1, 0.15) is 5.56 Å². The second-order valence-electron chi connectivity index (χ2n) is 2.95. The average molecular weight is 222 g/mol. The Morgan fingerprint density at radius 1 is 1.38 bits per heavy atom. The predicted molar refractivity (Wildman–Crippen MR) is 60.9 cm³/mol. The number of hydrazine groups is 1. The maximum absolute atomic E-state index is 10.9. The molecule has 0 radical (unpaired) electrons. The Hall–Kier alpha value is -2.01. The van der Waals surface area contributed by atoms with Crippen molar-refractivity contribution in [3.63, 3.8) is 0 Å². The van der Waals surface area contributed by atoms with Gasteiger partial charge in [-0.3, -0.25) is 10.2 Å². The number of nitrogens with two attached hydrogens (primary N) is 1. The highest BCUT2D eigenvalue weighted by Crippen LogP contribution is 2.24. The molecule has 0 aliphatic carbocycles. The van der Waals surface area contributed by atoms with Crippen molar-refractivity contribution < 1.29 is 14.3 Å². The fourth-order valence-electron chi connectivity index (χ4n) is 1.18. The number of methoxy groups -OCH3 is 2. The third-order valence-electron chi connectivity index (χ3n) is 1.99. The lowest BCUT2D eigenvalue weighted by Gasteiger charge is -2.06. The van der Waals surface area contributed by atoms with E-state index >= 15 is 0 Å². The lowest BCUT2D eigenvalue weighted by Crippen LogP contribution is -2.27. The molecule has 0 saturated heterocycles. The molecule has 0 aliphatic rings. The smallest absolute Gasteiger partial charge is 0.257 e. The molecule has 0 saturated carbocycles. The van der Waals surface area contributed by atoms with Gasteiger partial charge in [0, 0.05) is 11.6 Å². The van der Waals surface area contributed by atoms with E-state index in [1.165, 1.54) is 6.08 Å². The van der Waals surface area contributed by atoms with Crippen LogP contribution in [0.25, 0.3) is 6.08 Å². The van der Waals surface area contributed by atoms with E-state index in [1.807, 2.05) is 5.43 Å². The van der Waals surface area contributed by atoms with Gasteiger partial charge in [-0.05, 0) is 24.3 Å². The quantitative estimate of drug-likeness (QED) is 0.340. The van der Waals surface area contributed by atoms with Crippen LogP contribution in [0.15, 0.2) is 24.3 Å². The SMILES string of the molecule is COc1ccc(OC)c(/C=C/C(=O)NN)c1. The Morgan fingerprint density at radius 3 is 2.69 bits per heavy atom. The van der Waals surface area contributed by atoms with Crippen molar-refractivity contribution in [3.8, 4) is 11.5 Å². The topological polar surface area (TPSA) is 73.6 Å². The van der Waals surface area contributed by atoms with Crippen molar-refractivity contribution >= 4 is 12.0 Å². The van der Waals surface area contributed by atoms with Gasteiger partial charge in [-0.15, -0.1) is 0 Å². The van der Waals surface area contributed by atoms with E-state index in [2.05, 4.69) is 0 Å². The number of ether oxygens (including phenoxy) is 2. The zero-order valence-electron chi connectivity index (χ0n) is 9.19. The van der Waals surface area contributed by atoms with E-state index in [0.717, 1.165) is 5.56 Å². The van der Waals surface area contributed by atoms with Crippen molar-refractivity contribution in [2.24, 2.45) is 5.84 Å².